The summed E-state index contributed by atoms with van der Waals surface area (Å²) in [5.41, 5.74) is 2.29. The number of thiazole rings is 1. The van der Waals surface area contributed by atoms with Gasteiger partial charge in [-0.2, -0.15) is 0 Å². The molecule has 1 saturated heterocycles. The highest BCUT2D eigenvalue weighted by molar-refractivity contribution is 7.14. The average molecular weight is 477 g/mol. The van der Waals surface area contributed by atoms with Crippen LogP contribution in [0.1, 0.15) is 57.4 Å². The Bertz CT molecular complexity index is 1220. The second kappa shape index (κ2) is 9.06. The molecule has 6 nitrogen and oxygen atoms in total. The molecule has 1 amide bonds. The number of hydrogen-bond acceptors (Lipinski definition) is 6. The molecular weight excluding hydrogens is 448 g/mol. The maximum atomic E-state index is 13.2. The van der Waals surface area contributed by atoms with Crippen molar-refractivity contribution in [1.82, 2.24) is 4.98 Å². The van der Waals surface area contributed by atoms with Crippen molar-refractivity contribution >= 4 is 33.9 Å². The van der Waals surface area contributed by atoms with Crippen molar-refractivity contribution in [3.63, 3.8) is 0 Å². The lowest BCUT2D eigenvalue weighted by atomic mass is 9.85. The zero-order chi connectivity index (χ0) is 24.6. The second-order valence-electron chi connectivity index (χ2n) is 9.55. The molecular formula is C27H28N2O4S. The molecule has 1 aliphatic heterocycles. The van der Waals surface area contributed by atoms with Gasteiger partial charge in [0.2, 0.25) is 0 Å². The number of carbonyl (C=O) groups excluding carboxylic acids is 2. The predicted molar refractivity (Wildman–Crippen MR) is 134 cm³/mol. The molecule has 176 valence electrons. The molecule has 2 aromatic carbocycles. The van der Waals surface area contributed by atoms with E-state index in [9.17, 15) is 14.7 Å². The number of amides is 1. The maximum Gasteiger partial charge on any atom is 0.301 e. The quantitative estimate of drug-likeness (QED) is 0.284. The van der Waals surface area contributed by atoms with Crippen molar-refractivity contribution in [2.24, 2.45) is 0 Å². The third-order valence-electron chi connectivity index (χ3n) is 5.66. The fourth-order valence-corrected chi connectivity index (χ4v) is 4.63. The van der Waals surface area contributed by atoms with Crippen molar-refractivity contribution in [3.05, 3.63) is 82.4 Å². The van der Waals surface area contributed by atoms with Gasteiger partial charge in [0, 0.05) is 17.1 Å². The van der Waals surface area contributed by atoms with Crippen LogP contribution in [0.3, 0.4) is 0 Å². The third kappa shape index (κ3) is 4.48. The summed E-state index contributed by atoms with van der Waals surface area (Å²) in [6, 6.07) is 13.9. The Hall–Kier alpha value is -3.45. The van der Waals surface area contributed by atoms with Crippen LogP contribution in [-0.2, 0) is 15.0 Å². The Morgan fingerprint density at radius 3 is 2.24 bits per heavy atom. The van der Waals surface area contributed by atoms with Crippen LogP contribution in [0, 0.1) is 0 Å². The molecule has 0 bridgehead atoms. The minimum absolute atomic E-state index is 0.0131. The number of aliphatic hydroxyl groups is 1. The van der Waals surface area contributed by atoms with Crippen molar-refractivity contribution < 1.29 is 19.4 Å². The number of hydrogen-bond donors (Lipinski definition) is 1. The number of ether oxygens (including phenoxy) is 1. The molecule has 0 aliphatic carbocycles. The number of benzene rings is 2. The number of anilines is 1. The number of Topliss-reactive ketones (excluding diaryl/α,β-unsaturated/α-hetero) is 1. The maximum absolute atomic E-state index is 13.2. The van der Waals surface area contributed by atoms with Crippen LogP contribution in [0.5, 0.6) is 5.75 Å². The molecule has 1 aliphatic rings. The van der Waals surface area contributed by atoms with Gasteiger partial charge in [0.05, 0.1) is 17.7 Å². The van der Waals surface area contributed by atoms with E-state index < -0.39 is 17.7 Å². The summed E-state index contributed by atoms with van der Waals surface area (Å²) in [6.07, 6.45) is 1.60. The number of carbonyl (C=O) groups is 2. The molecule has 0 radical (unpaired) electrons. The summed E-state index contributed by atoms with van der Waals surface area (Å²) in [6.45, 7) is 10.2. The van der Waals surface area contributed by atoms with Gasteiger partial charge >= 0.3 is 5.91 Å². The Morgan fingerprint density at radius 2 is 1.71 bits per heavy atom. The first-order valence-electron chi connectivity index (χ1n) is 11.2. The number of nitrogens with zero attached hydrogens (tertiary/aromatic N) is 2. The largest absolute Gasteiger partial charge is 0.507 e. The van der Waals surface area contributed by atoms with Gasteiger partial charge in [-0.1, -0.05) is 45.0 Å². The smallest absolute Gasteiger partial charge is 0.301 e. The third-order valence-corrected chi connectivity index (χ3v) is 6.43. The first-order valence-corrected chi connectivity index (χ1v) is 12.0. The van der Waals surface area contributed by atoms with Gasteiger partial charge in [0.15, 0.2) is 5.13 Å². The van der Waals surface area contributed by atoms with E-state index in [-0.39, 0.29) is 22.9 Å². The van der Waals surface area contributed by atoms with Gasteiger partial charge in [0.25, 0.3) is 5.78 Å². The van der Waals surface area contributed by atoms with Gasteiger partial charge in [-0.15, -0.1) is 11.3 Å². The molecule has 0 unspecified atom stereocenters. The molecule has 2 heterocycles. The monoisotopic (exact) mass is 476 g/mol. The van der Waals surface area contributed by atoms with Crippen LogP contribution >= 0.6 is 11.3 Å². The standard InChI is InChI=1S/C27H28N2O4S/c1-16(2)33-20-12-8-18(9-13-20)23(30)21-22(17-6-10-19(11-7-17)27(3,4)5)29(25(32)24(21)31)26-28-14-15-34-26/h6-16,22,30H,1-5H3/b23-21+/t22-/m1/s1. The Morgan fingerprint density at radius 1 is 1.06 bits per heavy atom. The molecule has 1 fully saturated rings. The molecule has 0 spiro atoms. The Kier molecular flexibility index (Phi) is 6.32. The fraction of sp³-hybridized carbons (Fsp3) is 0.296. The SMILES string of the molecule is CC(C)Oc1ccc(/C(O)=C2\C(=O)C(=O)N(c3nccs3)[C@@H]2c2ccc(C(C)(C)C)cc2)cc1. The van der Waals surface area contributed by atoms with E-state index in [2.05, 4.69) is 25.8 Å². The molecule has 0 saturated carbocycles. The molecule has 1 atom stereocenters. The van der Waals surface area contributed by atoms with E-state index >= 15 is 0 Å². The first-order chi connectivity index (χ1) is 16.1. The van der Waals surface area contributed by atoms with Crippen molar-refractivity contribution in [3.8, 4) is 5.75 Å². The fourth-order valence-electron chi connectivity index (χ4n) is 3.96. The van der Waals surface area contributed by atoms with E-state index in [0.717, 1.165) is 11.1 Å². The summed E-state index contributed by atoms with van der Waals surface area (Å²) in [5, 5.41) is 13.4. The lowest BCUT2D eigenvalue weighted by Gasteiger charge is -2.24. The van der Waals surface area contributed by atoms with Crippen LogP contribution in [-0.4, -0.2) is 27.9 Å². The summed E-state index contributed by atoms with van der Waals surface area (Å²) in [4.78, 5) is 32.0. The molecule has 34 heavy (non-hydrogen) atoms. The molecule has 3 aromatic rings. The van der Waals surface area contributed by atoms with Crippen molar-refractivity contribution in [2.75, 3.05) is 4.90 Å². The van der Waals surface area contributed by atoms with E-state index in [4.69, 9.17) is 4.74 Å². The van der Waals surface area contributed by atoms with Crippen LogP contribution < -0.4 is 9.64 Å². The zero-order valence-electron chi connectivity index (χ0n) is 19.9. The van der Waals surface area contributed by atoms with E-state index in [1.165, 1.54) is 16.2 Å². The van der Waals surface area contributed by atoms with Gasteiger partial charge in [-0.25, -0.2) is 4.98 Å². The van der Waals surface area contributed by atoms with E-state index in [0.29, 0.717) is 16.4 Å². The highest BCUT2D eigenvalue weighted by Gasteiger charge is 2.48. The Balaban J connectivity index is 1.84. The number of ketones is 1. The highest BCUT2D eigenvalue weighted by atomic mass is 32.1. The van der Waals surface area contributed by atoms with Crippen molar-refractivity contribution in [2.45, 2.75) is 52.2 Å². The van der Waals surface area contributed by atoms with Gasteiger partial charge < -0.3 is 9.84 Å². The van der Waals surface area contributed by atoms with E-state index in [1.54, 1.807) is 35.8 Å². The lowest BCUT2D eigenvalue weighted by molar-refractivity contribution is -0.132. The zero-order valence-corrected chi connectivity index (χ0v) is 20.7. The molecule has 7 heteroatoms. The second-order valence-corrected chi connectivity index (χ2v) is 10.4. The summed E-state index contributed by atoms with van der Waals surface area (Å²) < 4.78 is 5.67. The van der Waals surface area contributed by atoms with Crippen LogP contribution in [0.4, 0.5) is 5.13 Å². The van der Waals surface area contributed by atoms with Crippen LogP contribution in [0.25, 0.3) is 5.76 Å². The minimum Gasteiger partial charge on any atom is -0.507 e. The average Bonchev–Trinajstić information content (AvgIpc) is 3.40. The summed E-state index contributed by atoms with van der Waals surface area (Å²) >= 11 is 1.27. The number of aliphatic hydroxyl groups excluding tert-OH is 1. The lowest BCUT2D eigenvalue weighted by Crippen LogP contribution is -2.29. The van der Waals surface area contributed by atoms with Gasteiger partial charge in [0.1, 0.15) is 11.5 Å². The predicted octanol–water partition coefficient (Wildman–Crippen LogP) is 5.85. The topological polar surface area (TPSA) is 79.7 Å². The van der Waals surface area contributed by atoms with Crippen molar-refractivity contribution in [1.29, 1.82) is 0 Å². The summed E-state index contributed by atoms with van der Waals surface area (Å²) in [5.74, 6) is -1.01. The van der Waals surface area contributed by atoms with Gasteiger partial charge in [-0.3, -0.25) is 14.5 Å². The molecule has 1 aromatic heterocycles. The Labute approximate surface area is 203 Å². The normalized spacial score (nSPS) is 18.1. The first kappa shape index (κ1) is 23.7. The summed E-state index contributed by atoms with van der Waals surface area (Å²) in [7, 11) is 0. The van der Waals surface area contributed by atoms with Gasteiger partial charge in [-0.05, 0) is 54.7 Å². The molecule has 1 N–H and O–H groups in total. The minimum atomic E-state index is -0.785. The number of rotatable bonds is 5. The van der Waals surface area contributed by atoms with Crippen LogP contribution in [0.2, 0.25) is 0 Å². The highest BCUT2D eigenvalue weighted by Crippen LogP contribution is 2.43. The molecule has 4 rings (SSSR count). The van der Waals surface area contributed by atoms with E-state index in [1.807, 2.05) is 38.1 Å². The van der Waals surface area contributed by atoms with Crippen LogP contribution in [0.15, 0.2) is 65.7 Å². The number of aromatic nitrogens is 1.